The molecule has 1 atom stereocenters. The third-order valence-electron chi connectivity index (χ3n) is 5.44. The maximum atomic E-state index is 13.3. The SMILES string of the molecule is O=C(NCc1ccccc1)C1CN(C(=O)Nc2ccc(F)cc2)CCN1S(=O)(=O)c1ccc(Cl)s1. The van der Waals surface area contributed by atoms with E-state index in [4.69, 9.17) is 11.6 Å². The fraction of sp³-hybridized carbons (Fsp3) is 0.217. The van der Waals surface area contributed by atoms with Gasteiger partial charge in [-0.15, -0.1) is 11.3 Å². The number of hydrogen-bond acceptors (Lipinski definition) is 5. The van der Waals surface area contributed by atoms with Crippen molar-refractivity contribution in [2.24, 2.45) is 0 Å². The highest BCUT2D eigenvalue weighted by molar-refractivity contribution is 7.91. The molecule has 0 aliphatic carbocycles. The molecular formula is C23H22ClFN4O4S2. The van der Waals surface area contributed by atoms with Crippen molar-refractivity contribution in [1.29, 1.82) is 0 Å². The number of urea groups is 1. The van der Waals surface area contributed by atoms with Gasteiger partial charge in [0.25, 0.3) is 10.0 Å². The molecule has 2 heterocycles. The molecule has 3 amide bonds. The Labute approximate surface area is 211 Å². The van der Waals surface area contributed by atoms with Gasteiger partial charge in [-0.05, 0) is 42.0 Å². The largest absolute Gasteiger partial charge is 0.351 e. The van der Waals surface area contributed by atoms with Crippen LogP contribution in [-0.2, 0) is 21.4 Å². The first-order valence-corrected chi connectivity index (χ1v) is 13.3. The first-order valence-electron chi connectivity index (χ1n) is 10.6. The van der Waals surface area contributed by atoms with Crippen LogP contribution in [0, 0.1) is 5.82 Å². The highest BCUT2D eigenvalue weighted by Gasteiger charge is 2.41. The minimum Gasteiger partial charge on any atom is -0.351 e. The number of rotatable bonds is 6. The topological polar surface area (TPSA) is 98.8 Å². The van der Waals surface area contributed by atoms with E-state index in [1.807, 2.05) is 30.3 Å². The van der Waals surface area contributed by atoms with Crippen molar-refractivity contribution in [3.63, 3.8) is 0 Å². The average molecular weight is 537 g/mol. The van der Waals surface area contributed by atoms with Crippen molar-refractivity contribution in [1.82, 2.24) is 14.5 Å². The smallest absolute Gasteiger partial charge is 0.321 e. The van der Waals surface area contributed by atoms with E-state index in [9.17, 15) is 22.4 Å². The number of thiophene rings is 1. The number of amides is 3. The third kappa shape index (κ3) is 5.99. The molecule has 2 aromatic carbocycles. The molecule has 0 saturated carbocycles. The standard InChI is InChI=1S/C23H22ClFN4O4S2/c24-20-10-11-21(34-20)35(32,33)29-13-12-28(23(31)27-18-8-6-17(25)7-9-18)15-19(29)22(30)26-14-16-4-2-1-3-5-16/h1-11,19H,12-15H2,(H,26,30)(H,27,31). The van der Waals surface area contributed by atoms with Gasteiger partial charge in [-0.2, -0.15) is 4.31 Å². The van der Waals surface area contributed by atoms with Crippen LogP contribution in [0.1, 0.15) is 5.56 Å². The van der Waals surface area contributed by atoms with Crippen LogP contribution in [0.25, 0.3) is 0 Å². The lowest BCUT2D eigenvalue weighted by Gasteiger charge is -2.39. The first-order chi connectivity index (χ1) is 16.7. The van der Waals surface area contributed by atoms with Gasteiger partial charge >= 0.3 is 6.03 Å². The fourth-order valence-corrected chi connectivity index (χ4v) is 6.82. The van der Waals surface area contributed by atoms with Crippen molar-refractivity contribution in [2.75, 3.05) is 25.0 Å². The third-order valence-corrected chi connectivity index (χ3v) is 9.04. The summed E-state index contributed by atoms with van der Waals surface area (Å²) in [6.45, 7) is 0.0224. The van der Waals surface area contributed by atoms with Crippen LogP contribution >= 0.6 is 22.9 Å². The van der Waals surface area contributed by atoms with E-state index >= 15 is 0 Å². The number of sulfonamides is 1. The molecule has 1 aliphatic rings. The number of piperazine rings is 1. The lowest BCUT2D eigenvalue weighted by Crippen LogP contribution is -2.61. The summed E-state index contributed by atoms with van der Waals surface area (Å²) in [6, 6.07) is 15.7. The van der Waals surface area contributed by atoms with Gasteiger partial charge in [-0.3, -0.25) is 4.79 Å². The van der Waals surface area contributed by atoms with E-state index in [0.717, 1.165) is 21.2 Å². The number of carbonyl (C=O) groups excluding carboxylic acids is 2. The molecule has 0 spiro atoms. The van der Waals surface area contributed by atoms with Crippen LogP contribution in [0.15, 0.2) is 70.9 Å². The summed E-state index contributed by atoms with van der Waals surface area (Å²) in [5.74, 6) is -0.968. The Kier molecular flexibility index (Phi) is 7.70. The van der Waals surface area contributed by atoms with Gasteiger partial charge in [-0.1, -0.05) is 41.9 Å². The second kappa shape index (κ2) is 10.7. The summed E-state index contributed by atoms with van der Waals surface area (Å²) in [5.41, 5.74) is 1.23. The predicted molar refractivity (Wildman–Crippen MR) is 132 cm³/mol. The quantitative estimate of drug-likeness (QED) is 0.501. The number of anilines is 1. The van der Waals surface area contributed by atoms with Crippen molar-refractivity contribution < 1.29 is 22.4 Å². The molecule has 3 aromatic rings. The highest BCUT2D eigenvalue weighted by atomic mass is 35.5. The zero-order chi connectivity index (χ0) is 25.0. The molecule has 1 aliphatic heterocycles. The summed E-state index contributed by atoms with van der Waals surface area (Å²) in [4.78, 5) is 27.4. The van der Waals surface area contributed by atoms with Gasteiger partial charge in [0, 0.05) is 31.9 Å². The number of hydrogen-bond donors (Lipinski definition) is 2. The Bertz CT molecular complexity index is 1300. The fourth-order valence-electron chi connectivity index (χ4n) is 3.64. The van der Waals surface area contributed by atoms with E-state index in [0.29, 0.717) is 10.0 Å². The lowest BCUT2D eigenvalue weighted by atomic mass is 10.2. The molecule has 184 valence electrons. The van der Waals surface area contributed by atoms with Gasteiger partial charge in [0.05, 0.1) is 4.34 Å². The molecule has 1 unspecified atom stereocenters. The van der Waals surface area contributed by atoms with E-state index in [1.54, 1.807) is 0 Å². The van der Waals surface area contributed by atoms with Crippen LogP contribution in [-0.4, -0.2) is 55.2 Å². The van der Waals surface area contributed by atoms with Crippen LogP contribution in [0.4, 0.5) is 14.9 Å². The summed E-state index contributed by atoms with van der Waals surface area (Å²) in [5, 5.41) is 5.43. The second-order valence-corrected chi connectivity index (χ2v) is 11.6. The Morgan fingerprint density at radius 2 is 1.74 bits per heavy atom. The molecule has 0 bridgehead atoms. The highest BCUT2D eigenvalue weighted by Crippen LogP contribution is 2.30. The maximum absolute atomic E-state index is 13.3. The molecular weight excluding hydrogens is 515 g/mol. The minimum atomic E-state index is -4.02. The lowest BCUT2D eigenvalue weighted by molar-refractivity contribution is -0.126. The zero-order valence-electron chi connectivity index (χ0n) is 18.4. The van der Waals surface area contributed by atoms with E-state index < -0.39 is 33.8 Å². The van der Waals surface area contributed by atoms with Crippen molar-refractivity contribution in [3.05, 3.63) is 82.4 Å². The van der Waals surface area contributed by atoms with Crippen LogP contribution in [0.5, 0.6) is 0 Å². The normalized spacial score (nSPS) is 16.6. The maximum Gasteiger partial charge on any atom is 0.321 e. The molecule has 2 N–H and O–H groups in total. The van der Waals surface area contributed by atoms with E-state index in [1.165, 1.54) is 41.3 Å². The Morgan fingerprint density at radius 1 is 1.03 bits per heavy atom. The molecule has 12 heteroatoms. The summed E-state index contributed by atoms with van der Waals surface area (Å²) >= 11 is 6.85. The minimum absolute atomic E-state index is 0.0209. The predicted octanol–water partition coefficient (Wildman–Crippen LogP) is 3.76. The number of carbonyl (C=O) groups is 2. The van der Waals surface area contributed by atoms with Crippen molar-refractivity contribution in [2.45, 2.75) is 16.8 Å². The number of benzene rings is 2. The molecule has 1 fully saturated rings. The summed E-state index contributed by atoms with van der Waals surface area (Å²) < 4.78 is 41.3. The molecule has 8 nitrogen and oxygen atoms in total. The zero-order valence-corrected chi connectivity index (χ0v) is 20.7. The number of nitrogens with zero attached hydrogens (tertiary/aromatic N) is 2. The monoisotopic (exact) mass is 536 g/mol. The van der Waals surface area contributed by atoms with Crippen LogP contribution in [0.3, 0.4) is 0 Å². The summed E-state index contributed by atoms with van der Waals surface area (Å²) in [6.07, 6.45) is 0. The number of nitrogens with one attached hydrogen (secondary N) is 2. The molecule has 1 aromatic heterocycles. The molecule has 4 rings (SSSR count). The first kappa shape index (κ1) is 25.1. The van der Waals surface area contributed by atoms with Gasteiger partial charge in [-0.25, -0.2) is 17.6 Å². The van der Waals surface area contributed by atoms with E-state index in [2.05, 4.69) is 10.6 Å². The Hall–Kier alpha value is -2.99. The number of halogens is 2. The van der Waals surface area contributed by atoms with Gasteiger partial charge < -0.3 is 15.5 Å². The Morgan fingerprint density at radius 3 is 2.40 bits per heavy atom. The molecule has 1 saturated heterocycles. The second-order valence-electron chi connectivity index (χ2n) is 7.78. The van der Waals surface area contributed by atoms with Gasteiger partial charge in [0.2, 0.25) is 5.91 Å². The van der Waals surface area contributed by atoms with Crippen molar-refractivity contribution >= 4 is 50.6 Å². The Balaban J connectivity index is 1.54. The summed E-state index contributed by atoms with van der Waals surface area (Å²) in [7, 11) is -4.02. The van der Waals surface area contributed by atoms with Gasteiger partial charge in [0.15, 0.2) is 0 Å². The van der Waals surface area contributed by atoms with E-state index in [-0.39, 0.29) is 30.4 Å². The van der Waals surface area contributed by atoms with Crippen molar-refractivity contribution in [3.8, 4) is 0 Å². The average Bonchev–Trinajstić information content (AvgIpc) is 3.31. The van der Waals surface area contributed by atoms with Crippen LogP contribution < -0.4 is 10.6 Å². The molecule has 0 radical (unpaired) electrons. The van der Waals surface area contributed by atoms with Crippen LogP contribution in [0.2, 0.25) is 4.34 Å². The molecule has 35 heavy (non-hydrogen) atoms. The van der Waals surface area contributed by atoms with Gasteiger partial charge in [0.1, 0.15) is 16.1 Å².